The number of rotatable bonds is 7. The maximum Gasteiger partial charge on any atom is 0.234 e. The number of anilines is 1. The van der Waals surface area contributed by atoms with Gasteiger partial charge in [0.15, 0.2) is 0 Å². The molecule has 27 heavy (non-hydrogen) atoms. The lowest BCUT2D eigenvalue weighted by Gasteiger charge is -2.10. The van der Waals surface area contributed by atoms with Crippen molar-refractivity contribution in [3.8, 4) is 17.2 Å². The third-order valence-electron chi connectivity index (χ3n) is 3.76. The third kappa shape index (κ3) is 5.28. The fourth-order valence-corrected chi connectivity index (χ4v) is 3.28. The van der Waals surface area contributed by atoms with E-state index in [1.54, 1.807) is 25.5 Å². The topological polar surface area (TPSA) is 64.4 Å². The van der Waals surface area contributed by atoms with E-state index < -0.39 is 0 Å². The average molecular weight is 403 g/mol. The first-order chi connectivity index (χ1) is 13.0. The van der Waals surface area contributed by atoms with Crippen LogP contribution >= 0.6 is 23.4 Å². The smallest absolute Gasteiger partial charge is 0.234 e. The maximum atomic E-state index is 12.2. The lowest BCUT2D eigenvalue weighted by molar-refractivity contribution is -0.113. The number of nitrogens with one attached hydrogen (secondary N) is 1. The molecule has 3 aromatic rings. The summed E-state index contributed by atoms with van der Waals surface area (Å²) in [5.74, 6) is 1.97. The summed E-state index contributed by atoms with van der Waals surface area (Å²) in [6, 6.07) is 13.0. The highest BCUT2D eigenvalue weighted by atomic mass is 35.5. The zero-order valence-electron chi connectivity index (χ0n) is 15.0. The molecule has 1 aromatic heterocycles. The second-order valence-corrected chi connectivity index (χ2v) is 7.32. The van der Waals surface area contributed by atoms with Crippen molar-refractivity contribution in [2.75, 3.05) is 18.2 Å². The number of aromatic nitrogens is 1. The van der Waals surface area contributed by atoms with Crippen LogP contribution in [-0.2, 0) is 10.5 Å². The van der Waals surface area contributed by atoms with Crippen molar-refractivity contribution in [2.24, 2.45) is 0 Å². The highest BCUT2D eigenvalue weighted by Gasteiger charge is 2.10. The molecule has 0 fully saturated rings. The van der Waals surface area contributed by atoms with Crippen molar-refractivity contribution < 1.29 is 13.9 Å². The Hall–Kier alpha value is -2.44. The molecule has 0 atom stereocenters. The number of nitrogens with zero attached hydrogens (tertiary/aromatic N) is 1. The van der Waals surface area contributed by atoms with Crippen LogP contribution in [0.5, 0.6) is 5.75 Å². The molecule has 0 saturated heterocycles. The minimum absolute atomic E-state index is 0.0923. The van der Waals surface area contributed by atoms with E-state index in [2.05, 4.69) is 10.3 Å². The van der Waals surface area contributed by atoms with Crippen LogP contribution in [-0.4, -0.2) is 23.8 Å². The fraction of sp³-hybridized carbons (Fsp3) is 0.200. The minimum atomic E-state index is -0.0923. The number of carbonyl (C=O) groups excluding carboxylic acids is 1. The zero-order chi connectivity index (χ0) is 19.2. The largest absolute Gasteiger partial charge is 0.495 e. The van der Waals surface area contributed by atoms with Gasteiger partial charge < -0.3 is 14.5 Å². The van der Waals surface area contributed by atoms with Gasteiger partial charge in [-0.15, -0.1) is 11.8 Å². The summed E-state index contributed by atoms with van der Waals surface area (Å²) in [6.07, 6.45) is 1.61. The van der Waals surface area contributed by atoms with Crippen LogP contribution in [0.25, 0.3) is 11.5 Å². The lowest BCUT2D eigenvalue weighted by Crippen LogP contribution is -2.15. The van der Waals surface area contributed by atoms with Gasteiger partial charge in [-0.3, -0.25) is 4.79 Å². The molecule has 0 aliphatic carbocycles. The number of ether oxygens (including phenoxy) is 1. The molecule has 0 aliphatic rings. The van der Waals surface area contributed by atoms with E-state index in [1.165, 1.54) is 11.8 Å². The molecular weight excluding hydrogens is 384 g/mol. The van der Waals surface area contributed by atoms with Crippen molar-refractivity contribution in [1.29, 1.82) is 0 Å². The van der Waals surface area contributed by atoms with Gasteiger partial charge in [0.25, 0.3) is 0 Å². The van der Waals surface area contributed by atoms with Crippen molar-refractivity contribution in [3.63, 3.8) is 0 Å². The molecule has 1 heterocycles. The van der Waals surface area contributed by atoms with E-state index in [-0.39, 0.29) is 5.91 Å². The van der Waals surface area contributed by atoms with Crippen LogP contribution in [0, 0.1) is 6.92 Å². The van der Waals surface area contributed by atoms with Gasteiger partial charge in [-0.2, -0.15) is 0 Å². The number of oxazole rings is 1. The first kappa shape index (κ1) is 19.3. The first-order valence-electron chi connectivity index (χ1n) is 8.28. The summed E-state index contributed by atoms with van der Waals surface area (Å²) in [7, 11) is 1.58. The summed E-state index contributed by atoms with van der Waals surface area (Å²) in [6.45, 7) is 1.96. The number of carbonyl (C=O) groups is 1. The molecule has 0 unspecified atom stereocenters. The summed E-state index contributed by atoms with van der Waals surface area (Å²) in [5.41, 5.74) is 3.37. The van der Waals surface area contributed by atoms with E-state index in [0.29, 0.717) is 33.9 Å². The molecule has 0 spiro atoms. The van der Waals surface area contributed by atoms with Gasteiger partial charge >= 0.3 is 0 Å². The Kier molecular flexibility index (Phi) is 6.42. The Bertz CT molecular complexity index is 925. The molecular formula is C20H19ClN2O3S. The Morgan fingerprint density at radius 1 is 1.26 bits per heavy atom. The number of halogens is 1. The highest BCUT2D eigenvalue weighted by Crippen LogP contribution is 2.26. The SMILES string of the molecule is COc1ccc(C)cc1NC(=O)CSCc1coc(-c2ccc(Cl)cc2)n1. The summed E-state index contributed by atoms with van der Waals surface area (Å²) in [5, 5.41) is 3.55. The van der Waals surface area contributed by atoms with Gasteiger partial charge in [-0.1, -0.05) is 17.7 Å². The van der Waals surface area contributed by atoms with Crippen LogP contribution < -0.4 is 10.1 Å². The average Bonchev–Trinajstić information content (AvgIpc) is 3.11. The second-order valence-electron chi connectivity index (χ2n) is 5.90. The number of thioether (sulfide) groups is 1. The summed E-state index contributed by atoms with van der Waals surface area (Å²) < 4.78 is 10.8. The molecule has 0 saturated carbocycles. The van der Waals surface area contributed by atoms with E-state index in [0.717, 1.165) is 16.8 Å². The molecule has 0 aliphatic heterocycles. The van der Waals surface area contributed by atoms with Crippen LogP contribution in [0.15, 0.2) is 53.1 Å². The fourth-order valence-electron chi connectivity index (χ4n) is 2.45. The quantitative estimate of drug-likeness (QED) is 0.589. The van der Waals surface area contributed by atoms with Gasteiger partial charge in [0.2, 0.25) is 11.8 Å². The molecule has 5 nitrogen and oxygen atoms in total. The molecule has 2 aromatic carbocycles. The first-order valence-corrected chi connectivity index (χ1v) is 9.81. The molecule has 0 bridgehead atoms. The van der Waals surface area contributed by atoms with E-state index in [4.69, 9.17) is 20.8 Å². The van der Waals surface area contributed by atoms with Crippen molar-refractivity contribution >= 4 is 35.0 Å². The van der Waals surface area contributed by atoms with Gasteiger partial charge in [0.05, 0.1) is 24.2 Å². The van der Waals surface area contributed by atoms with Crippen LogP contribution in [0.3, 0.4) is 0 Å². The minimum Gasteiger partial charge on any atom is -0.495 e. The number of methoxy groups -OCH3 is 1. The number of hydrogen-bond donors (Lipinski definition) is 1. The molecule has 1 amide bonds. The van der Waals surface area contributed by atoms with Crippen LogP contribution in [0.1, 0.15) is 11.3 Å². The van der Waals surface area contributed by atoms with E-state index >= 15 is 0 Å². The van der Waals surface area contributed by atoms with Crippen LogP contribution in [0.2, 0.25) is 5.02 Å². The Balaban J connectivity index is 1.52. The van der Waals surface area contributed by atoms with Gasteiger partial charge in [-0.05, 0) is 48.9 Å². The summed E-state index contributed by atoms with van der Waals surface area (Å²) >= 11 is 7.35. The Morgan fingerprint density at radius 3 is 2.78 bits per heavy atom. The Labute approximate surface area is 167 Å². The third-order valence-corrected chi connectivity index (χ3v) is 4.97. The van der Waals surface area contributed by atoms with E-state index in [9.17, 15) is 4.79 Å². The molecule has 1 N–H and O–H groups in total. The summed E-state index contributed by atoms with van der Waals surface area (Å²) in [4.78, 5) is 16.6. The normalized spacial score (nSPS) is 10.6. The number of aryl methyl sites for hydroxylation is 1. The second kappa shape index (κ2) is 8.97. The van der Waals surface area contributed by atoms with Crippen molar-refractivity contribution in [1.82, 2.24) is 4.98 Å². The molecule has 7 heteroatoms. The van der Waals surface area contributed by atoms with Crippen LogP contribution in [0.4, 0.5) is 5.69 Å². The monoisotopic (exact) mass is 402 g/mol. The maximum absolute atomic E-state index is 12.2. The van der Waals surface area contributed by atoms with E-state index in [1.807, 2.05) is 37.3 Å². The van der Waals surface area contributed by atoms with Crippen molar-refractivity contribution in [3.05, 3.63) is 65.0 Å². The molecule has 140 valence electrons. The van der Waals surface area contributed by atoms with Gasteiger partial charge in [0, 0.05) is 16.3 Å². The lowest BCUT2D eigenvalue weighted by atomic mass is 10.2. The highest BCUT2D eigenvalue weighted by molar-refractivity contribution is 7.99. The van der Waals surface area contributed by atoms with Gasteiger partial charge in [-0.25, -0.2) is 4.98 Å². The van der Waals surface area contributed by atoms with Crippen molar-refractivity contribution in [2.45, 2.75) is 12.7 Å². The number of benzene rings is 2. The number of hydrogen-bond acceptors (Lipinski definition) is 5. The predicted molar refractivity (Wildman–Crippen MR) is 109 cm³/mol. The molecule has 3 rings (SSSR count). The predicted octanol–water partition coefficient (Wildman–Crippen LogP) is 5.18. The molecule has 0 radical (unpaired) electrons. The Morgan fingerprint density at radius 2 is 2.04 bits per heavy atom. The zero-order valence-corrected chi connectivity index (χ0v) is 16.6. The standard InChI is InChI=1S/C20H19ClN2O3S/c1-13-3-8-18(25-2)17(9-13)23-19(24)12-27-11-16-10-26-20(22-16)14-4-6-15(21)7-5-14/h3-10H,11-12H2,1-2H3,(H,23,24). The van der Waals surface area contributed by atoms with Gasteiger partial charge in [0.1, 0.15) is 12.0 Å². The number of amides is 1.